The second kappa shape index (κ2) is 7.66. The van der Waals surface area contributed by atoms with Crippen LogP contribution in [0.3, 0.4) is 0 Å². The van der Waals surface area contributed by atoms with Gasteiger partial charge >= 0.3 is 5.97 Å². The molecule has 1 aliphatic heterocycles. The van der Waals surface area contributed by atoms with Crippen LogP contribution in [0, 0.1) is 5.92 Å². The molecule has 0 radical (unpaired) electrons. The summed E-state index contributed by atoms with van der Waals surface area (Å²) in [6.07, 6.45) is 6.11. The van der Waals surface area contributed by atoms with Gasteiger partial charge in [-0.05, 0) is 37.8 Å². The fraction of sp³-hybridized carbons (Fsp3) is 0.667. The van der Waals surface area contributed by atoms with Gasteiger partial charge in [0.05, 0.1) is 12.7 Å². The zero-order valence-electron chi connectivity index (χ0n) is 14.5. The minimum atomic E-state index is -0.335. The smallest absolute Gasteiger partial charge is 0.341 e. The zero-order valence-corrected chi connectivity index (χ0v) is 15.3. The van der Waals surface area contributed by atoms with Gasteiger partial charge < -0.3 is 10.1 Å². The molecule has 0 aromatic carbocycles. The van der Waals surface area contributed by atoms with Gasteiger partial charge in [0.2, 0.25) is 5.91 Å². The van der Waals surface area contributed by atoms with Gasteiger partial charge in [-0.2, -0.15) is 0 Å². The first kappa shape index (κ1) is 17.4. The summed E-state index contributed by atoms with van der Waals surface area (Å²) in [7, 11) is 1.40. The Balaban J connectivity index is 1.85. The van der Waals surface area contributed by atoms with E-state index in [-0.39, 0.29) is 17.8 Å². The minimum absolute atomic E-state index is 0.0571. The maximum Gasteiger partial charge on any atom is 0.341 e. The molecule has 6 heteroatoms. The van der Waals surface area contributed by atoms with Gasteiger partial charge in [-0.15, -0.1) is 11.3 Å². The standard InChI is InChI=1S/C18H26N2O3S/c1-3-9-20-10-8-13-14(11-20)24-17(15(13)18(22)23-2)19-16(21)12-6-4-5-7-12/h12H,3-11H2,1-2H3,(H,19,21). The molecular weight excluding hydrogens is 324 g/mol. The first-order chi connectivity index (χ1) is 11.6. The van der Waals surface area contributed by atoms with E-state index in [0.717, 1.165) is 63.7 Å². The van der Waals surface area contributed by atoms with Crippen LogP contribution < -0.4 is 5.32 Å². The van der Waals surface area contributed by atoms with Crippen molar-refractivity contribution in [2.75, 3.05) is 25.5 Å². The summed E-state index contributed by atoms with van der Waals surface area (Å²) >= 11 is 1.55. The van der Waals surface area contributed by atoms with Crippen molar-refractivity contribution in [3.05, 3.63) is 16.0 Å². The van der Waals surface area contributed by atoms with Crippen LogP contribution in [-0.2, 0) is 22.5 Å². The van der Waals surface area contributed by atoms with Crippen LogP contribution in [-0.4, -0.2) is 37.0 Å². The third-order valence-electron chi connectivity index (χ3n) is 5.03. The van der Waals surface area contributed by atoms with Crippen LogP contribution in [0.1, 0.15) is 59.8 Å². The largest absolute Gasteiger partial charge is 0.465 e. The number of ether oxygens (including phenoxy) is 1. The van der Waals surface area contributed by atoms with Crippen molar-refractivity contribution in [3.63, 3.8) is 0 Å². The first-order valence-electron chi connectivity index (χ1n) is 8.90. The number of carbonyl (C=O) groups excluding carboxylic acids is 2. The molecular formula is C18H26N2O3S. The van der Waals surface area contributed by atoms with Gasteiger partial charge in [-0.25, -0.2) is 4.79 Å². The van der Waals surface area contributed by atoms with E-state index < -0.39 is 0 Å². The molecule has 2 aliphatic rings. The van der Waals surface area contributed by atoms with Crippen molar-refractivity contribution in [2.45, 2.75) is 52.0 Å². The Bertz CT molecular complexity index is 620. The maximum atomic E-state index is 12.5. The maximum absolute atomic E-state index is 12.5. The molecule has 0 atom stereocenters. The highest BCUT2D eigenvalue weighted by Gasteiger charge is 2.30. The second-order valence-corrected chi connectivity index (χ2v) is 7.80. The van der Waals surface area contributed by atoms with Gasteiger partial charge in [0.1, 0.15) is 5.00 Å². The van der Waals surface area contributed by atoms with Crippen molar-refractivity contribution in [1.29, 1.82) is 0 Å². The molecule has 3 rings (SSSR count). The summed E-state index contributed by atoms with van der Waals surface area (Å²) in [5.41, 5.74) is 1.65. The van der Waals surface area contributed by atoms with Crippen LogP contribution in [0.5, 0.6) is 0 Å². The number of hydrogen-bond acceptors (Lipinski definition) is 5. The fourth-order valence-electron chi connectivity index (χ4n) is 3.77. The van der Waals surface area contributed by atoms with Crippen LogP contribution in [0.25, 0.3) is 0 Å². The van der Waals surface area contributed by atoms with Crippen molar-refractivity contribution in [2.24, 2.45) is 5.92 Å². The Morgan fingerprint density at radius 3 is 2.75 bits per heavy atom. The number of anilines is 1. The molecule has 1 aliphatic carbocycles. The lowest BCUT2D eigenvalue weighted by Crippen LogP contribution is -2.30. The summed E-state index contributed by atoms with van der Waals surface area (Å²) in [4.78, 5) is 28.4. The Kier molecular flexibility index (Phi) is 5.56. The van der Waals surface area contributed by atoms with Gasteiger partial charge in [0.25, 0.3) is 0 Å². The third-order valence-corrected chi connectivity index (χ3v) is 6.16. The van der Waals surface area contributed by atoms with Crippen LogP contribution in [0.4, 0.5) is 5.00 Å². The number of thiophene rings is 1. The highest BCUT2D eigenvalue weighted by molar-refractivity contribution is 7.17. The van der Waals surface area contributed by atoms with Gasteiger partial charge in [0, 0.05) is 23.9 Å². The summed E-state index contributed by atoms with van der Waals surface area (Å²) in [5.74, 6) is -0.189. The number of amides is 1. The van der Waals surface area contributed by atoms with Crippen molar-refractivity contribution in [3.8, 4) is 0 Å². The Morgan fingerprint density at radius 2 is 2.08 bits per heavy atom. The lowest BCUT2D eigenvalue weighted by Gasteiger charge is -2.26. The van der Waals surface area contributed by atoms with E-state index in [2.05, 4.69) is 17.1 Å². The molecule has 1 aromatic rings. The molecule has 1 N–H and O–H groups in total. The number of fused-ring (bicyclic) bond motifs is 1. The van der Waals surface area contributed by atoms with Crippen molar-refractivity contribution in [1.82, 2.24) is 4.90 Å². The third kappa shape index (κ3) is 3.49. The monoisotopic (exact) mass is 350 g/mol. The number of esters is 1. The van der Waals surface area contributed by atoms with Crippen molar-refractivity contribution >= 4 is 28.2 Å². The molecule has 132 valence electrons. The van der Waals surface area contributed by atoms with Gasteiger partial charge in [0.15, 0.2) is 0 Å². The van der Waals surface area contributed by atoms with E-state index in [1.54, 1.807) is 11.3 Å². The number of rotatable bonds is 5. The molecule has 24 heavy (non-hydrogen) atoms. The van der Waals surface area contributed by atoms with E-state index >= 15 is 0 Å². The topological polar surface area (TPSA) is 58.6 Å². The molecule has 0 saturated heterocycles. The number of hydrogen-bond donors (Lipinski definition) is 1. The summed E-state index contributed by atoms with van der Waals surface area (Å²) < 4.78 is 4.99. The van der Waals surface area contributed by atoms with Gasteiger partial charge in [-0.3, -0.25) is 9.69 Å². The van der Waals surface area contributed by atoms with Crippen molar-refractivity contribution < 1.29 is 14.3 Å². The average molecular weight is 350 g/mol. The van der Waals surface area contributed by atoms with E-state index in [0.29, 0.717) is 10.6 Å². The lowest BCUT2D eigenvalue weighted by molar-refractivity contribution is -0.119. The number of methoxy groups -OCH3 is 1. The normalized spacial score (nSPS) is 18.4. The number of nitrogens with one attached hydrogen (secondary N) is 1. The molecule has 0 bridgehead atoms. The van der Waals surface area contributed by atoms with E-state index in [1.165, 1.54) is 12.0 Å². The molecule has 1 saturated carbocycles. The summed E-state index contributed by atoms with van der Waals surface area (Å²) in [5, 5.41) is 3.71. The molecule has 1 fully saturated rings. The highest BCUT2D eigenvalue weighted by Crippen LogP contribution is 2.38. The van der Waals surface area contributed by atoms with Crippen LogP contribution in [0.15, 0.2) is 0 Å². The average Bonchev–Trinajstić information content (AvgIpc) is 3.21. The van der Waals surface area contributed by atoms with Crippen LogP contribution in [0.2, 0.25) is 0 Å². The molecule has 2 heterocycles. The summed E-state index contributed by atoms with van der Waals surface area (Å²) in [6.45, 7) is 5.06. The molecule has 5 nitrogen and oxygen atoms in total. The molecule has 0 unspecified atom stereocenters. The van der Waals surface area contributed by atoms with Crippen LogP contribution >= 0.6 is 11.3 Å². The Labute approximate surface area is 147 Å². The second-order valence-electron chi connectivity index (χ2n) is 6.70. The van der Waals surface area contributed by atoms with E-state index in [1.807, 2.05) is 0 Å². The molecule has 1 aromatic heterocycles. The predicted octanol–water partition coefficient (Wildman–Crippen LogP) is 3.43. The lowest BCUT2D eigenvalue weighted by atomic mass is 10.0. The Morgan fingerprint density at radius 1 is 1.33 bits per heavy atom. The fourth-order valence-corrected chi connectivity index (χ4v) is 5.05. The predicted molar refractivity (Wildman–Crippen MR) is 95.5 cm³/mol. The van der Waals surface area contributed by atoms with Gasteiger partial charge in [-0.1, -0.05) is 19.8 Å². The Hall–Kier alpha value is -1.40. The number of nitrogens with zero attached hydrogens (tertiary/aromatic N) is 1. The zero-order chi connectivity index (χ0) is 17.1. The first-order valence-corrected chi connectivity index (χ1v) is 9.71. The minimum Gasteiger partial charge on any atom is -0.465 e. The quantitative estimate of drug-likeness (QED) is 0.827. The molecule has 0 spiro atoms. The number of carbonyl (C=O) groups is 2. The molecule has 1 amide bonds. The van der Waals surface area contributed by atoms with E-state index in [4.69, 9.17) is 4.74 Å². The summed E-state index contributed by atoms with van der Waals surface area (Å²) in [6, 6.07) is 0. The highest BCUT2D eigenvalue weighted by atomic mass is 32.1. The van der Waals surface area contributed by atoms with E-state index in [9.17, 15) is 9.59 Å². The SMILES string of the molecule is CCCN1CCc2c(sc(NC(=O)C3CCCC3)c2C(=O)OC)C1.